The summed E-state index contributed by atoms with van der Waals surface area (Å²) in [6, 6.07) is 0. The van der Waals surface area contributed by atoms with Crippen molar-refractivity contribution in [1.29, 1.82) is 0 Å². The van der Waals surface area contributed by atoms with Crippen LogP contribution in [0.2, 0.25) is 5.28 Å². The maximum absolute atomic E-state index is 11.7. The van der Waals surface area contributed by atoms with Crippen LogP contribution in [0.1, 0.15) is 10.4 Å². The number of carbonyl (C=O) groups is 1. The molecule has 6 heteroatoms. The maximum atomic E-state index is 11.7. The van der Waals surface area contributed by atoms with E-state index in [4.69, 9.17) is 16.3 Å². The van der Waals surface area contributed by atoms with Crippen molar-refractivity contribution in [2.45, 2.75) is 6.10 Å². The van der Waals surface area contributed by atoms with Crippen molar-refractivity contribution in [1.82, 2.24) is 14.9 Å². The highest BCUT2D eigenvalue weighted by atomic mass is 35.5. The van der Waals surface area contributed by atoms with E-state index in [-0.39, 0.29) is 17.3 Å². The second-order valence-electron chi connectivity index (χ2n) is 3.31. The first kappa shape index (κ1) is 10.3. The van der Waals surface area contributed by atoms with Crippen LogP contribution in [0.25, 0.3) is 0 Å². The Labute approximate surface area is 92.0 Å². The van der Waals surface area contributed by atoms with Crippen LogP contribution < -0.4 is 0 Å². The van der Waals surface area contributed by atoms with Gasteiger partial charge in [0.2, 0.25) is 5.28 Å². The molecule has 0 N–H and O–H groups in total. The summed E-state index contributed by atoms with van der Waals surface area (Å²) >= 11 is 5.52. The van der Waals surface area contributed by atoms with Crippen LogP contribution in [0.4, 0.5) is 0 Å². The smallest absolute Gasteiger partial charge is 0.257 e. The van der Waals surface area contributed by atoms with Gasteiger partial charge >= 0.3 is 0 Å². The van der Waals surface area contributed by atoms with Crippen LogP contribution >= 0.6 is 11.6 Å². The molecular weight excluding hydrogens is 218 g/mol. The summed E-state index contributed by atoms with van der Waals surface area (Å²) in [5.74, 6) is -0.0834. The van der Waals surface area contributed by atoms with Crippen LogP contribution in [0, 0.1) is 0 Å². The highest BCUT2D eigenvalue weighted by Crippen LogP contribution is 2.14. The Morgan fingerprint density at radius 2 is 2.13 bits per heavy atom. The van der Waals surface area contributed by atoms with Crippen molar-refractivity contribution in [2.24, 2.45) is 0 Å². The molecule has 2 rings (SSSR count). The summed E-state index contributed by atoms with van der Waals surface area (Å²) in [4.78, 5) is 20.9. The average molecular weight is 228 g/mol. The second kappa shape index (κ2) is 4.12. The number of methoxy groups -OCH3 is 1. The molecule has 0 unspecified atom stereocenters. The minimum absolute atomic E-state index is 0.0834. The Balaban J connectivity index is 2.00. The van der Waals surface area contributed by atoms with Gasteiger partial charge in [-0.05, 0) is 11.6 Å². The number of halogens is 1. The molecule has 15 heavy (non-hydrogen) atoms. The fourth-order valence-electron chi connectivity index (χ4n) is 1.36. The predicted molar refractivity (Wildman–Crippen MR) is 53.7 cm³/mol. The molecule has 80 valence electrons. The molecule has 1 aromatic rings. The Bertz CT molecular complexity index is 362. The molecule has 0 saturated carbocycles. The zero-order valence-electron chi connectivity index (χ0n) is 8.18. The Kier molecular flexibility index (Phi) is 2.83. The van der Waals surface area contributed by atoms with E-state index >= 15 is 0 Å². The van der Waals surface area contributed by atoms with E-state index in [1.165, 1.54) is 12.4 Å². The van der Waals surface area contributed by atoms with Crippen LogP contribution in [0.5, 0.6) is 0 Å². The molecule has 1 amide bonds. The molecule has 1 aliphatic rings. The zero-order chi connectivity index (χ0) is 10.8. The summed E-state index contributed by atoms with van der Waals surface area (Å²) in [6.45, 7) is 1.25. The van der Waals surface area contributed by atoms with Gasteiger partial charge < -0.3 is 9.64 Å². The minimum atomic E-state index is -0.0834. The van der Waals surface area contributed by atoms with Gasteiger partial charge in [0.1, 0.15) is 0 Å². The lowest BCUT2D eigenvalue weighted by molar-refractivity contribution is -0.0192. The molecule has 0 spiro atoms. The SMILES string of the molecule is COC1CN(C(=O)c2cnc(Cl)nc2)C1. The predicted octanol–water partition coefficient (Wildman–Crippen LogP) is 0.601. The monoisotopic (exact) mass is 227 g/mol. The van der Waals surface area contributed by atoms with Gasteiger partial charge in [-0.15, -0.1) is 0 Å². The maximum Gasteiger partial charge on any atom is 0.257 e. The third-order valence-electron chi connectivity index (χ3n) is 2.34. The summed E-state index contributed by atoms with van der Waals surface area (Å²) in [5.41, 5.74) is 0.453. The van der Waals surface area contributed by atoms with Crippen molar-refractivity contribution in [3.63, 3.8) is 0 Å². The van der Waals surface area contributed by atoms with Crippen molar-refractivity contribution in [2.75, 3.05) is 20.2 Å². The molecule has 0 atom stereocenters. The fourth-order valence-corrected chi connectivity index (χ4v) is 1.46. The number of nitrogens with zero attached hydrogens (tertiary/aromatic N) is 3. The number of hydrogen-bond donors (Lipinski definition) is 0. The number of amides is 1. The van der Waals surface area contributed by atoms with E-state index in [2.05, 4.69) is 9.97 Å². The van der Waals surface area contributed by atoms with Crippen molar-refractivity contribution >= 4 is 17.5 Å². The van der Waals surface area contributed by atoms with Gasteiger partial charge in [-0.1, -0.05) is 0 Å². The fraction of sp³-hybridized carbons (Fsp3) is 0.444. The summed E-state index contributed by atoms with van der Waals surface area (Å²) in [5, 5.41) is 0.143. The standard InChI is InChI=1S/C9H10ClN3O2/c1-15-7-4-13(5-7)8(14)6-2-11-9(10)12-3-6/h2-3,7H,4-5H2,1H3. The summed E-state index contributed by atoms with van der Waals surface area (Å²) in [7, 11) is 1.64. The highest BCUT2D eigenvalue weighted by molar-refractivity contribution is 6.28. The van der Waals surface area contributed by atoms with E-state index in [1.807, 2.05) is 0 Å². The van der Waals surface area contributed by atoms with E-state index in [0.717, 1.165) is 0 Å². The Hall–Kier alpha value is -1.20. The van der Waals surface area contributed by atoms with Crippen LogP contribution in [0.15, 0.2) is 12.4 Å². The molecule has 1 saturated heterocycles. The van der Waals surface area contributed by atoms with E-state index in [1.54, 1.807) is 12.0 Å². The molecule has 0 radical (unpaired) electrons. The molecule has 5 nitrogen and oxygen atoms in total. The number of carbonyl (C=O) groups excluding carboxylic acids is 1. The third kappa shape index (κ3) is 2.08. The van der Waals surface area contributed by atoms with E-state index < -0.39 is 0 Å². The molecule has 1 aliphatic heterocycles. The van der Waals surface area contributed by atoms with Gasteiger partial charge in [0.15, 0.2) is 0 Å². The quantitative estimate of drug-likeness (QED) is 0.695. The summed E-state index contributed by atoms with van der Waals surface area (Å²) < 4.78 is 5.08. The first-order valence-corrected chi connectivity index (χ1v) is 4.88. The third-order valence-corrected chi connectivity index (χ3v) is 2.53. The van der Waals surface area contributed by atoms with Crippen molar-refractivity contribution in [3.8, 4) is 0 Å². The summed E-state index contributed by atoms with van der Waals surface area (Å²) in [6.07, 6.45) is 3.01. The van der Waals surface area contributed by atoms with Gasteiger partial charge in [0.05, 0.1) is 11.7 Å². The molecule has 0 aromatic carbocycles. The first-order valence-electron chi connectivity index (χ1n) is 4.50. The number of rotatable bonds is 2. The topological polar surface area (TPSA) is 55.3 Å². The lowest BCUT2D eigenvalue weighted by Gasteiger charge is -2.37. The molecule has 2 heterocycles. The van der Waals surface area contributed by atoms with Crippen molar-refractivity contribution in [3.05, 3.63) is 23.2 Å². The van der Waals surface area contributed by atoms with Gasteiger partial charge in [-0.25, -0.2) is 9.97 Å². The molecular formula is C9H10ClN3O2. The molecule has 0 bridgehead atoms. The van der Waals surface area contributed by atoms with E-state index in [9.17, 15) is 4.79 Å². The number of likely N-dealkylation sites (tertiary alicyclic amines) is 1. The van der Waals surface area contributed by atoms with E-state index in [0.29, 0.717) is 18.7 Å². The van der Waals surface area contributed by atoms with Crippen LogP contribution in [0.3, 0.4) is 0 Å². The largest absolute Gasteiger partial charge is 0.378 e. The average Bonchev–Trinajstić information content (AvgIpc) is 2.17. The van der Waals surface area contributed by atoms with Crippen molar-refractivity contribution < 1.29 is 9.53 Å². The van der Waals surface area contributed by atoms with Crippen LogP contribution in [-0.4, -0.2) is 47.1 Å². The lowest BCUT2D eigenvalue weighted by atomic mass is 10.1. The molecule has 1 aromatic heterocycles. The number of aromatic nitrogens is 2. The normalized spacial score (nSPS) is 16.3. The molecule has 0 aliphatic carbocycles. The second-order valence-corrected chi connectivity index (χ2v) is 3.65. The van der Waals surface area contributed by atoms with Gasteiger partial charge in [0.25, 0.3) is 5.91 Å². The van der Waals surface area contributed by atoms with Crippen LogP contribution in [-0.2, 0) is 4.74 Å². The minimum Gasteiger partial charge on any atom is -0.378 e. The molecule has 1 fully saturated rings. The lowest BCUT2D eigenvalue weighted by Crippen LogP contribution is -2.54. The van der Waals surface area contributed by atoms with Gasteiger partial charge in [-0.3, -0.25) is 4.79 Å². The van der Waals surface area contributed by atoms with Gasteiger partial charge in [-0.2, -0.15) is 0 Å². The zero-order valence-corrected chi connectivity index (χ0v) is 8.94. The number of ether oxygens (including phenoxy) is 1. The number of hydrogen-bond acceptors (Lipinski definition) is 4. The highest BCUT2D eigenvalue weighted by Gasteiger charge is 2.31. The first-order chi connectivity index (χ1) is 7.20. The Morgan fingerprint density at radius 1 is 1.53 bits per heavy atom. The van der Waals surface area contributed by atoms with Gasteiger partial charge in [0, 0.05) is 32.6 Å². The Morgan fingerprint density at radius 3 is 2.67 bits per heavy atom.